The molecule has 0 fully saturated rings. The lowest BCUT2D eigenvalue weighted by Gasteiger charge is -2.22. The van der Waals surface area contributed by atoms with E-state index in [0.717, 1.165) is 19.6 Å². The van der Waals surface area contributed by atoms with Crippen LogP contribution in [0.3, 0.4) is 0 Å². The molecule has 0 radical (unpaired) electrons. The van der Waals surface area contributed by atoms with Gasteiger partial charge in [-0.3, -0.25) is 4.90 Å². The molecule has 2 heteroatoms. The summed E-state index contributed by atoms with van der Waals surface area (Å²) < 4.78 is 0. The van der Waals surface area contributed by atoms with E-state index in [1.54, 1.807) is 0 Å². The molecule has 1 N–H and O–H groups in total. The van der Waals surface area contributed by atoms with Crippen molar-refractivity contribution in [1.82, 2.24) is 10.2 Å². The Hall–Kier alpha value is -0.860. The maximum atomic E-state index is 3.42. The molecule has 1 aromatic carbocycles. The summed E-state index contributed by atoms with van der Waals surface area (Å²) in [6.45, 7) is 12.2. The predicted octanol–water partition coefficient (Wildman–Crippen LogP) is 3.42. The topological polar surface area (TPSA) is 15.3 Å². The number of nitrogens with zero attached hydrogens (tertiary/aromatic N) is 1. The second-order valence-electron chi connectivity index (χ2n) is 4.83. The van der Waals surface area contributed by atoms with E-state index in [9.17, 15) is 0 Å². The maximum Gasteiger partial charge on any atom is 0.0236 e. The number of rotatable bonds is 9. The van der Waals surface area contributed by atoms with E-state index in [0.29, 0.717) is 0 Å². The minimum Gasteiger partial charge on any atom is -0.313 e. The van der Waals surface area contributed by atoms with Gasteiger partial charge < -0.3 is 5.32 Å². The van der Waals surface area contributed by atoms with Gasteiger partial charge in [0.1, 0.15) is 0 Å². The molecule has 2 nitrogen and oxygen atoms in total. The van der Waals surface area contributed by atoms with Gasteiger partial charge in [-0.25, -0.2) is 0 Å². The van der Waals surface area contributed by atoms with Crippen molar-refractivity contribution in [2.24, 2.45) is 0 Å². The fourth-order valence-corrected chi connectivity index (χ4v) is 2.29. The Kier molecular flexibility index (Phi) is 7.70. The Labute approximate surface area is 112 Å². The van der Waals surface area contributed by atoms with E-state index in [1.165, 1.54) is 37.1 Å². The van der Waals surface area contributed by atoms with Gasteiger partial charge in [0.15, 0.2) is 0 Å². The van der Waals surface area contributed by atoms with E-state index in [4.69, 9.17) is 0 Å². The van der Waals surface area contributed by atoms with Crippen LogP contribution >= 0.6 is 0 Å². The third kappa shape index (κ3) is 5.19. The second-order valence-corrected chi connectivity index (χ2v) is 4.83. The van der Waals surface area contributed by atoms with Crippen LogP contribution in [0.1, 0.15) is 44.7 Å². The fourth-order valence-electron chi connectivity index (χ4n) is 2.29. The first-order valence-electron chi connectivity index (χ1n) is 7.31. The molecular weight excluding hydrogens is 220 g/mol. The fraction of sp³-hybridized carbons (Fsp3) is 0.625. The van der Waals surface area contributed by atoms with Gasteiger partial charge in [-0.2, -0.15) is 0 Å². The molecule has 102 valence electrons. The van der Waals surface area contributed by atoms with Gasteiger partial charge in [0.25, 0.3) is 0 Å². The highest BCUT2D eigenvalue weighted by molar-refractivity contribution is 5.27. The molecule has 0 aliphatic rings. The summed E-state index contributed by atoms with van der Waals surface area (Å²) in [5.74, 6) is 0. The first kappa shape index (κ1) is 15.2. The van der Waals surface area contributed by atoms with E-state index in [2.05, 4.69) is 55.3 Å². The molecule has 0 amide bonds. The maximum absolute atomic E-state index is 3.42. The van der Waals surface area contributed by atoms with Crippen LogP contribution in [0.2, 0.25) is 0 Å². The summed E-state index contributed by atoms with van der Waals surface area (Å²) >= 11 is 0. The zero-order valence-electron chi connectivity index (χ0n) is 12.2. The summed E-state index contributed by atoms with van der Waals surface area (Å²) in [4.78, 5) is 2.56. The van der Waals surface area contributed by atoms with Crippen molar-refractivity contribution in [3.05, 3.63) is 35.4 Å². The lowest BCUT2D eigenvalue weighted by molar-refractivity contribution is 0.265. The largest absolute Gasteiger partial charge is 0.313 e. The average molecular weight is 248 g/mol. The molecule has 0 aromatic heterocycles. The molecule has 0 spiro atoms. The Bertz CT molecular complexity index is 317. The normalized spacial score (nSPS) is 11.1. The summed E-state index contributed by atoms with van der Waals surface area (Å²) in [6.07, 6.45) is 2.46. The number of hydrogen-bond donors (Lipinski definition) is 1. The minimum absolute atomic E-state index is 0.985. The average Bonchev–Trinajstić information content (AvgIpc) is 2.38. The third-order valence-electron chi connectivity index (χ3n) is 3.16. The molecule has 0 bridgehead atoms. The lowest BCUT2D eigenvalue weighted by atomic mass is 10.1. The van der Waals surface area contributed by atoms with Gasteiger partial charge in [0.05, 0.1) is 0 Å². The molecule has 1 rings (SSSR count). The van der Waals surface area contributed by atoms with Crippen LogP contribution in [0.15, 0.2) is 24.3 Å². The Morgan fingerprint density at radius 3 is 2.11 bits per heavy atom. The molecule has 0 saturated heterocycles. The molecule has 0 aliphatic carbocycles. The van der Waals surface area contributed by atoms with Gasteiger partial charge in [-0.05, 0) is 43.6 Å². The SMILES string of the molecule is CCCN(CCC)Cc1ccccc1CNCC. The molecule has 0 unspecified atom stereocenters. The summed E-state index contributed by atoms with van der Waals surface area (Å²) in [5.41, 5.74) is 2.91. The van der Waals surface area contributed by atoms with Gasteiger partial charge in [0.2, 0.25) is 0 Å². The quantitative estimate of drug-likeness (QED) is 0.720. The monoisotopic (exact) mass is 248 g/mol. The number of benzene rings is 1. The minimum atomic E-state index is 0.985. The Balaban J connectivity index is 2.67. The van der Waals surface area contributed by atoms with Crippen LogP contribution in [0.5, 0.6) is 0 Å². The molecule has 0 heterocycles. The highest BCUT2D eigenvalue weighted by atomic mass is 15.1. The molecule has 0 saturated carbocycles. The molecule has 1 aromatic rings. The smallest absolute Gasteiger partial charge is 0.0236 e. The predicted molar refractivity (Wildman–Crippen MR) is 79.7 cm³/mol. The van der Waals surface area contributed by atoms with Crippen LogP contribution < -0.4 is 5.32 Å². The summed E-state index contributed by atoms with van der Waals surface area (Å²) in [6, 6.07) is 8.81. The van der Waals surface area contributed by atoms with Crippen molar-refractivity contribution in [2.45, 2.75) is 46.7 Å². The Morgan fingerprint density at radius 2 is 1.56 bits per heavy atom. The van der Waals surface area contributed by atoms with Crippen LogP contribution in [-0.2, 0) is 13.1 Å². The van der Waals surface area contributed by atoms with Crippen LogP contribution in [0, 0.1) is 0 Å². The van der Waals surface area contributed by atoms with Gasteiger partial charge in [-0.1, -0.05) is 45.0 Å². The zero-order valence-corrected chi connectivity index (χ0v) is 12.2. The molecule has 0 aliphatic heterocycles. The van der Waals surface area contributed by atoms with E-state index in [1.807, 2.05) is 0 Å². The van der Waals surface area contributed by atoms with Crippen LogP contribution in [-0.4, -0.2) is 24.5 Å². The van der Waals surface area contributed by atoms with Crippen molar-refractivity contribution >= 4 is 0 Å². The highest BCUT2D eigenvalue weighted by Gasteiger charge is 2.07. The van der Waals surface area contributed by atoms with Crippen molar-refractivity contribution < 1.29 is 0 Å². The zero-order chi connectivity index (χ0) is 13.2. The highest BCUT2D eigenvalue weighted by Crippen LogP contribution is 2.12. The van der Waals surface area contributed by atoms with Crippen molar-refractivity contribution in [3.63, 3.8) is 0 Å². The number of hydrogen-bond acceptors (Lipinski definition) is 2. The standard InChI is InChI=1S/C16H28N2/c1-4-11-18(12-5-2)14-16-10-8-7-9-15(16)13-17-6-3/h7-10,17H,4-6,11-14H2,1-3H3. The summed E-state index contributed by atoms with van der Waals surface area (Å²) in [7, 11) is 0. The lowest BCUT2D eigenvalue weighted by Crippen LogP contribution is -2.26. The second kappa shape index (κ2) is 9.12. The van der Waals surface area contributed by atoms with E-state index in [-0.39, 0.29) is 0 Å². The molecular formula is C16H28N2. The first-order chi connectivity index (χ1) is 8.81. The van der Waals surface area contributed by atoms with Crippen LogP contribution in [0.4, 0.5) is 0 Å². The van der Waals surface area contributed by atoms with Gasteiger partial charge >= 0.3 is 0 Å². The van der Waals surface area contributed by atoms with Crippen molar-refractivity contribution in [3.8, 4) is 0 Å². The van der Waals surface area contributed by atoms with E-state index >= 15 is 0 Å². The van der Waals surface area contributed by atoms with Crippen LogP contribution in [0.25, 0.3) is 0 Å². The van der Waals surface area contributed by atoms with Crippen molar-refractivity contribution in [1.29, 1.82) is 0 Å². The third-order valence-corrected chi connectivity index (χ3v) is 3.16. The van der Waals surface area contributed by atoms with Gasteiger partial charge in [-0.15, -0.1) is 0 Å². The van der Waals surface area contributed by atoms with Gasteiger partial charge in [0, 0.05) is 13.1 Å². The Morgan fingerprint density at radius 1 is 0.944 bits per heavy atom. The first-order valence-corrected chi connectivity index (χ1v) is 7.31. The molecule has 18 heavy (non-hydrogen) atoms. The van der Waals surface area contributed by atoms with E-state index < -0.39 is 0 Å². The van der Waals surface area contributed by atoms with Crippen molar-refractivity contribution in [2.75, 3.05) is 19.6 Å². The number of nitrogens with one attached hydrogen (secondary N) is 1. The molecule has 0 atom stereocenters. The summed E-state index contributed by atoms with van der Waals surface area (Å²) in [5, 5.41) is 3.42.